The molecule has 0 radical (unpaired) electrons. The predicted octanol–water partition coefficient (Wildman–Crippen LogP) is 3.23. The summed E-state index contributed by atoms with van der Waals surface area (Å²) in [5, 5.41) is -0.502. The number of carbonyl (C=O) groups excluding carboxylic acids is 1. The first-order valence-electron chi connectivity index (χ1n) is 8.34. The molecule has 0 bridgehead atoms. The summed E-state index contributed by atoms with van der Waals surface area (Å²) >= 11 is 1.24. The van der Waals surface area contributed by atoms with Crippen LogP contribution in [0.15, 0.2) is 52.4 Å². The fraction of sp³-hybridized carbons (Fsp3) is 0.263. The van der Waals surface area contributed by atoms with Crippen molar-refractivity contribution in [2.45, 2.75) is 30.4 Å². The molecular weight excluding hydrogens is 387 g/mol. The van der Waals surface area contributed by atoms with Gasteiger partial charge < -0.3 is 4.57 Å². The van der Waals surface area contributed by atoms with E-state index in [0.29, 0.717) is 15.1 Å². The van der Waals surface area contributed by atoms with Crippen LogP contribution >= 0.6 is 11.3 Å². The lowest BCUT2D eigenvalue weighted by Crippen LogP contribution is -2.15. The van der Waals surface area contributed by atoms with Gasteiger partial charge in [-0.3, -0.25) is 4.79 Å². The van der Waals surface area contributed by atoms with Gasteiger partial charge in [0.05, 0.1) is 26.8 Å². The molecule has 1 aromatic heterocycles. The Bertz CT molecular complexity index is 1170. The lowest BCUT2D eigenvalue weighted by molar-refractivity contribution is -0.117. The Morgan fingerprint density at radius 1 is 1.19 bits per heavy atom. The van der Waals surface area contributed by atoms with E-state index in [-0.39, 0.29) is 23.0 Å². The number of nitrogens with zero attached hydrogens (tertiary/aromatic N) is 2. The fourth-order valence-corrected chi connectivity index (χ4v) is 4.72. The minimum Gasteiger partial charge on any atom is -0.319 e. The Morgan fingerprint density at radius 2 is 1.85 bits per heavy atom. The van der Waals surface area contributed by atoms with Crippen molar-refractivity contribution in [1.29, 1.82) is 0 Å². The number of hydrogen-bond donors (Lipinski definition) is 0. The highest BCUT2D eigenvalue weighted by Crippen LogP contribution is 2.18. The van der Waals surface area contributed by atoms with Gasteiger partial charge in [0, 0.05) is 7.05 Å². The number of benzene rings is 2. The molecule has 0 saturated carbocycles. The van der Waals surface area contributed by atoms with Crippen LogP contribution in [-0.4, -0.2) is 24.1 Å². The van der Waals surface area contributed by atoms with E-state index in [0.717, 1.165) is 5.52 Å². The summed E-state index contributed by atoms with van der Waals surface area (Å²) in [6.07, 6.45) is 0.0601. The number of thiazole rings is 1. The number of aryl methyl sites for hydroxylation is 1. The van der Waals surface area contributed by atoms with E-state index in [4.69, 9.17) is 0 Å². The van der Waals surface area contributed by atoms with E-state index < -0.39 is 15.1 Å². The van der Waals surface area contributed by atoms with Crippen LogP contribution < -0.4 is 4.80 Å². The number of halogens is 1. The molecule has 1 amide bonds. The lowest BCUT2D eigenvalue weighted by Gasteiger charge is -2.08. The van der Waals surface area contributed by atoms with E-state index in [2.05, 4.69) is 4.99 Å². The zero-order valence-electron chi connectivity index (χ0n) is 15.1. The molecule has 142 valence electrons. The third-order valence-electron chi connectivity index (χ3n) is 4.22. The van der Waals surface area contributed by atoms with E-state index in [1.807, 2.05) is 0 Å². The third kappa shape index (κ3) is 4.01. The molecule has 27 heavy (non-hydrogen) atoms. The van der Waals surface area contributed by atoms with Gasteiger partial charge in [0.2, 0.25) is 0 Å². The highest BCUT2D eigenvalue weighted by molar-refractivity contribution is 7.92. The van der Waals surface area contributed by atoms with E-state index in [1.165, 1.54) is 35.6 Å². The summed E-state index contributed by atoms with van der Waals surface area (Å²) in [6.45, 7) is 3.26. The zero-order chi connectivity index (χ0) is 19.8. The van der Waals surface area contributed by atoms with Gasteiger partial charge in [-0.05, 0) is 49.7 Å². The summed E-state index contributed by atoms with van der Waals surface area (Å²) in [7, 11) is -1.56. The van der Waals surface area contributed by atoms with Gasteiger partial charge in [-0.15, -0.1) is 0 Å². The Kier molecular flexibility index (Phi) is 5.30. The van der Waals surface area contributed by atoms with Gasteiger partial charge in [0.1, 0.15) is 5.82 Å². The second-order valence-corrected chi connectivity index (χ2v) is 9.99. The van der Waals surface area contributed by atoms with E-state index in [1.54, 1.807) is 43.7 Å². The monoisotopic (exact) mass is 406 g/mol. The standard InChI is InChI=1S/C19H19FN2O3S2/c1-12(2)27(24,25)15-7-4-13(5-8-15)10-18(23)21-19-22(3)16-9-6-14(20)11-17(16)26-19/h4-9,11-12H,10H2,1-3H3. The minimum atomic E-state index is -3.34. The normalized spacial score (nSPS) is 12.9. The average molecular weight is 407 g/mol. The smallest absolute Gasteiger partial charge is 0.252 e. The molecule has 8 heteroatoms. The predicted molar refractivity (Wildman–Crippen MR) is 104 cm³/mol. The number of sulfone groups is 1. The maximum Gasteiger partial charge on any atom is 0.252 e. The van der Waals surface area contributed by atoms with Gasteiger partial charge in [-0.25, -0.2) is 12.8 Å². The Labute approximate surface area is 160 Å². The molecule has 0 aliphatic carbocycles. The highest BCUT2D eigenvalue weighted by Gasteiger charge is 2.18. The molecule has 1 heterocycles. The van der Waals surface area contributed by atoms with Crippen molar-refractivity contribution in [2.24, 2.45) is 12.0 Å². The lowest BCUT2D eigenvalue weighted by atomic mass is 10.1. The molecule has 0 atom stereocenters. The fourth-order valence-electron chi connectivity index (χ4n) is 2.60. The van der Waals surface area contributed by atoms with Crippen molar-refractivity contribution in [3.05, 3.63) is 58.6 Å². The maximum absolute atomic E-state index is 13.4. The molecular formula is C19H19FN2O3S2. The highest BCUT2D eigenvalue weighted by atomic mass is 32.2. The topological polar surface area (TPSA) is 68.5 Å². The summed E-state index contributed by atoms with van der Waals surface area (Å²) < 4.78 is 40.1. The number of hydrogen-bond acceptors (Lipinski definition) is 4. The summed E-state index contributed by atoms with van der Waals surface area (Å²) in [5.74, 6) is -0.684. The van der Waals surface area contributed by atoms with Crippen LogP contribution in [0.4, 0.5) is 4.39 Å². The summed E-state index contributed by atoms with van der Waals surface area (Å²) in [4.78, 5) is 17.1. The van der Waals surface area contributed by atoms with Crippen molar-refractivity contribution in [3.63, 3.8) is 0 Å². The van der Waals surface area contributed by atoms with Gasteiger partial charge in [0.25, 0.3) is 5.91 Å². The number of rotatable bonds is 4. The van der Waals surface area contributed by atoms with Crippen molar-refractivity contribution in [3.8, 4) is 0 Å². The van der Waals surface area contributed by atoms with Crippen LogP contribution in [0.5, 0.6) is 0 Å². The van der Waals surface area contributed by atoms with Crippen LogP contribution in [-0.2, 0) is 28.1 Å². The van der Waals surface area contributed by atoms with Gasteiger partial charge in [0.15, 0.2) is 14.6 Å². The first kappa shape index (κ1) is 19.4. The third-order valence-corrected chi connectivity index (χ3v) is 7.48. The summed E-state index contributed by atoms with van der Waals surface area (Å²) in [5.41, 5.74) is 1.48. The van der Waals surface area contributed by atoms with E-state index in [9.17, 15) is 17.6 Å². The first-order valence-corrected chi connectivity index (χ1v) is 10.7. The van der Waals surface area contributed by atoms with E-state index >= 15 is 0 Å². The Morgan fingerprint density at radius 3 is 2.48 bits per heavy atom. The second-order valence-electron chi connectivity index (χ2n) is 6.48. The average Bonchev–Trinajstić information content (AvgIpc) is 2.90. The molecule has 0 unspecified atom stereocenters. The molecule has 5 nitrogen and oxygen atoms in total. The maximum atomic E-state index is 13.4. The molecule has 0 N–H and O–H groups in total. The van der Waals surface area contributed by atoms with Gasteiger partial charge in [-0.2, -0.15) is 4.99 Å². The molecule has 0 fully saturated rings. The van der Waals surface area contributed by atoms with Crippen molar-refractivity contribution < 1.29 is 17.6 Å². The van der Waals surface area contributed by atoms with Crippen molar-refractivity contribution in [2.75, 3.05) is 0 Å². The molecule has 0 saturated heterocycles. The van der Waals surface area contributed by atoms with Crippen LogP contribution in [0.2, 0.25) is 0 Å². The number of carbonyl (C=O) groups is 1. The molecule has 0 aliphatic rings. The quantitative estimate of drug-likeness (QED) is 0.668. The molecule has 2 aromatic carbocycles. The molecule has 3 rings (SSSR count). The number of aromatic nitrogens is 1. The molecule has 0 aliphatic heterocycles. The van der Waals surface area contributed by atoms with Crippen molar-refractivity contribution >= 4 is 37.3 Å². The van der Waals surface area contributed by atoms with Crippen LogP contribution in [0.25, 0.3) is 10.2 Å². The van der Waals surface area contributed by atoms with Crippen molar-refractivity contribution in [1.82, 2.24) is 4.57 Å². The van der Waals surface area contributed by atoms with Crippen LogP contribution in [0.1, 0.15) is 19.4 Å². The molecule has 3 aromatic rings. The molecule has 0 spiro atoms. The SMILES string of the molecule is CC(C)S(=O)(=O)c1ccc(CC(=O)N=c2sc3cc(F)ccc3n2C)cc1. The summed E-state index contributed by atoms with van der Waals surface area (Å²) in [6, 6.07) is 10.7. The largest absolute Gasteiger partial charge is 0.319 e. The zero-order valence-corrected chi connectivity index (χ0v) is 16.8. The first-order chi connectivity index (χ1) is 12.7. The van der Waals surface area contributed by atoms with Gasteiger partial charge >= 0.3 is 0 Å². The Balaban J connectivity index is 1.84. The number of fused-ring (bicyclic) bond motifs is 1. The number of amides is 1. The Hall–Kier alpha value is -2.32. The second kappa shape index (κ2) is 7.36. The van der Waals surface area contributed by atoms with Crippen LogP contribution in [0, 0.1) is 5.82 Å². The van der Waals surface area contributed by atoms with Gasteiger partial charge in [-0.1, -0.05) is 23.5 Å². The minimum absolute atomic E-state index is 0.0601. The van der Waals surface area contributed by atoms with Crippen LogP contribution in [0.3, 0.4) is 0 Å².